The van der Waals surface area contributed by atoms with Crippen molar-refractivity contribution in [2.45, 2.75) is 51.0 Å². The molecule has 32 heavy (non-hydrogen) atoms. The summed E-state index contributed by atoms with van der Waals surface area (Å²) in [6.45, 7) is 2.58. The summed E-state index contributed by atoms with van der Waals surface area (Å²) < 4.78 is 19.9. The molecule has 1 aromatic heterocycles. The minimum Gasteiger partial charge on any atom is -0.485 e. The Balaban J connectivity index is 1.20. The van der Waals surface area contributed by atoms with E-state index in [9.17, 15) is 4.39 Å². The Morgan fingerprint density at radius 3 is 2.62 bits per heavy atom. The summed E-state index contributed by atoms with van der Waals surface area (Å²) in [5.41, 5.74) is 2.63. The largest absolute Gasteiger partial charge is 0.485 e. The zero-order chi connectivity index (χ0) is 21.9. The predicted molar refractivity (Wildman–Crippen MR) is 122 cm³/mol. The van der Waals surface area contributed by atoms with Crippen molar-refractivity contribution < 1.29 is 9.13 Å². The van der Waals surface area contributed by atoms with Gasteiger partial charge < -0.3 is 4.74 Å². The van der Waals surface area contributed by atoms with Crippen LogP contribution in [0.5, 0.6) is 5.75 Å². The number of ether oxygens (including phenoxy) is 1. The van der Waals surface area contributed by atoms with E-state index in [0.29, 0.717) is 30.2 Å². The highest BCUT2D eigenvalue weighted by molar-refractivity contribution is 5.86. The van der Waals surface area contributed by atoms with Gasteiger partial charge in [-0.25, -0.2) is 4.39 Å². The molecule has 0 bridgehead atoms. The van der Waals surface area contributed by atoms with Crippen molar-refractivity contribution in [1.82, 2.24) is 20.6 Å². The van der Waals surface area contributed by atoms with Gasteiger partial charge in [0.05, 0.1) is 0 Å². The summed E-state index contributed by atoms with van der Waals surface area (Å²) >= 11 is 0. The van der Waals surface area contributed by atoms with Crippen LogP contribution in [0.25, 0.3) is 10.8 Å². The number of fused-ring (bicyclic) bond motifs is 1. The Labute approximate surface area is 187 Å². The van der Waals surface area contributed by atoms with Crippen molar-refractivity contribution in [3.05, 3.63) is 83.4 Å². The van der Waals surface area contributed by atoms with Gasteiger partial charge in [0.2, 0.25) is 5.82 Å². The fourth-order valence-electron chi connectivity index (χ4n) is 5.16. The zero-order valence-corrected chi connectivity index (χ0v) is 18.2. The lowest BCUT2D eigenvalue weighted by Crippen LogP contribution is -2.04. The lowest BCUT2D eigenvalue weighted by atomic mass is 9.86. The normalized spacial score (nSPS) is 19.3. The molecule has 1 aliphatic carbocycles. The van der Waals surface area contributed by atoms with Crippen LogP contribution in [0.4, 0.5) is 4.39 Å². The van der Waals surface area contributed by atoms with Crippen LogP contribution in [0.2, 0.25) is 0 Å². The molecule has 0 radical (unpaired) electrons. The average molecular weight is 431 g/mol. The van der Waals surface area contributed by atoms with E-state index in [0.717, 1.165) is 22.9 Å². The highest BCUT2D eigenvalue weighted by atomic mass is 19.1. The Morgan fingerprint density at radius 2 is 1.84 bits per heavy atom. The lowest BCUT2D eigenvalue weighted by Gasteiger charge is -2.19. The van der Waals surface area contributed by atoms with E-state index in [1.54, 1.807) is 6.07 Å². The van der Waals surface area contributed by atoms with Crippen molar-refractivity contribution in [2.24, 2.45) is 5.92 Å². The van der Waals surface area contributed by atoms with Crippen molar-refractivity contribution in [3.8, 4) is 5.75 Å². The first-order chi connectivity index (χ1) is 15.7. The number of hydrogen-bond acceptors (Lipinski definition) is 4. The maximum Gasteiger partial charge on any atom is 0.211 e. The maximum absolute atomic E-state index is 14.2. The topological polar surface area (TPSA) is 63.7 Å². The van der Waals surface area contributed by atoms with Gasteiger partial charge in [0, 0.05) is 5.39 Å². The van der Waals surface area contributed by atoms with Crippen LogP contribution < -0.4 is 4.74 Å². The summed E-state index contributed by atoms with van der Waals surface area (Å²) in [4.78, 5) is 0. The number of nitrogens with one attached hydrogen (secondary N) is 1. The van der Waals surface area contributed by atoms with E-state index in [1.807, 2.05) is 42.5 Å². The number of H-pyrrole nitrogens is 1. The highest BCUT2D eigenvalue weighted by Gasteiger charge is 2.28. The zero-order valence-electron chi connectivity index (χ0n) is 18.2. The van der Waals surface area contributed by atoms with Crippen molar-refractivity contribution in [3.63, 3.8) is 0 Å². The maximum atomic E-state index is 14.2. The van der Waals surface area contributed by atoms with Crippen LogP contribution in [0.15, 0.2) is 60.7 Å². The SMILES string of the molecule is C[C@@H](CC1CCC(c2ccc(OCc3nn[nH]n3)cc2)C1)c1ccc(F)c2ccccc12. The molecule has 5 rings (SSSR count). The molecule has 1 N–H and O–H groups in total. The van der Waals surface area contributed by atoms with Gasteiger partial charge in [-0.3, -0.25) is 0 Å². The Morgan fingerprint density at radius 1 is 1.03 bits per heavy atom. The molecule has 1 saturated carbocycles. The number of tetrazole rings is 1. The van der Waals surface area contributed by atoms with Crippen LogP contribution in [-0.2, 0) is 6.61 Å². The van der Waals surface area contributed by atoms with Crippen LogP contribution >= 0.6 is 0 Å². The molecule has 164 valence electrons. The molecule has 1 fully saturated rings. The molecule has 3 atom stereocenters. The summed E-state index contributed by atoms with van der Waals surface area (Å²) in [6.07, 6.45) is 4.79. The van der Waals surface area contributed by atoms with Gasteiger partial charge in [-0.1, -0.05) is 54.6 Å². The standard InChI is InChI=1S/C26H27FN4O/c1-17(22-12-13-25(27)24-5-3-2-4-23(22)24)14-18-6-7-20(15-18)19-8-10-21(11-9-19)32-16-26-28-30-31-29-26/h2-5,8-13,17-18,20H,6-7,14-16H2,1H3,(H,28,29,30,31)/t17-,18?,20?/m0/s1. The quantitative estimate of drug-likeness (QED) is 0.382. The molecule has 0 saturated heterocycles. The van der Waals surface area contributed by atoms with Crippen molar-refractivity contribution >= 4 is 10.8 Å². The molecular formula is C26H27FN4O. The summed E-state index contributed by atoms with van der Waals surface area (Å²) in [5.74, 6) is 2.89. The van der Waals surface area contributed by atoms with Gasteiger partial charge in [-0.15, -0.1) is 10.2 Å². The monoisotopic (exact) mass is 430 g/mol. The van der Waals surface area contributed by atoms with E-state index < -0.39 is 0 Å². The molecule has 1 heterocycles. The molecule has 6 heteroatoms. The highest BCUT2D eigenvalue weighted by Crippen LogP contribution is 2.43. The molecule has 4 aromatic rings. The lowest BCUT2D eigenvalue weighted by molar-refractivity contribution is 0.296. The third-order valence-corrected chi connectivity index (χ3v) is 6.77. The van der Waals surface area contributed by atoms with E-state index in [-0.39, 0.29) is 5.82 Å². The van der Waals surface area contributed by atoms with E-state index >= 15 is 0 Å². The number of benzene rings is 3. The number of rotatable bonds is 7. The number of halogens is 1. The molecular weight excluding hydrogens is 403 g/mol. The van der Waals surface area contributed by atoms with Gasteiger partial charge >= 0.3 is 0 Å². The molecule has 0 amide bonds. The summed E-state index contributed by atoms with van der Waals surface area (Å²) in [5, 5.41) is 15.5. The average Bonchev–Trinajstić information content (AvgIpc) is 3.51. The first-order valence-electron chi connectivity index (χ1n) is 11.3. The molecule has 2 unspecified atom stereocenters. The van der Waals surface area contributed by atoms with Crippen LogP contribution in [0.1, 0.15) is 61.4 Å². The first-order valence-corrected chi connectivity index (χ1v) is 11.3. The predicted octanol–water partition coefficient (Wildman–Crippen LogP) is 6.15. The number of nitrogens with zero attached hydrogens (tertiary/aromatic N) is 3. The minimum atomic E-state index is -0.137. The molecule has 0 aliphatic heterocycles. The molecule has 0 spiro atoms. The van der Waals surface area contributed by atoms with Crippen LogP contribution in [0.3, 0.4) is 0 Å². The van der Waals surface area contributed by atoms with Gasteiger partial charge in [0.15, 0.2) is 6.61 Å². The first kappa shape index (κ1) is 20.6. The van der Waals surface area contributed by atoms with Crippen LogP contribution in [0, 0.1) is 11.7 Å². The van der Waals surface area contributed by atoms with Crippen molar-refractivity contribution in [2.75, 3.05) is 0 Å². The number of aromatic nitrogens is 4. The van der Waals surface area contributed by atoms with E-state index in [2.05, 4.69) is 39.7 Å². The van der Waals surface area contributed by atoms with Gasteiger partial charge in [0.1, 0.15) is 11.6 Å². The minimum absolute atomic E-state index is 0.137. The summed E-state index contributed by atoms with van der Waals surface area (Å²) in [7, 11) is 0. The Bertz CT molecular complexity index is 1180. The van der Waals surface area contributed by atoms with Crippen LogP contribution in [-0.4, -0.2) is 20.6 Å². The smallest absolute Gasteiger partial charge is 0.211 e. The second-order valence-corrected chi connectivity index (χ2v) is 8.88. The second-order valence-electron chi connectivity index (χ2n) is 8.88. The second kappa shape index (κ2) is 9.07. The van der Waals surface area contributed by atoms with Crippen molar-refractivity contribution in [1.29, 1.82) is 0 Å². The number of aromatic amines is 1. The Hall–Kier alpha value is -3.28. The molecule has 3 aromatic carbocycles. The third-order valence-electron chi connectivity index (χ3n) is 6.77. The van der Waals surface area contributed by atoms with Gasteiger partial charge in [-0.05, 0) is 78.1 Å². The molecule has 5 nitrogen and oxygen atoms in total. The Kier molecular flexibility index (Phi) is 5.84. The number of hydrogen-bond donors (Lipinski definition) is 1. The fourth-order valence-corrected chi connectivity index (χ4v) is 5.16. The fraction of sp³-hybridized carbons (Fsp3) is 0.346. The van der Waals surface area contributed by atoms with E-state index in [4.69, 9.17) is 4.74 Å². The molecule has 1 aliphatic rings. The van der Waals surface area contributed by atoms with Gasteiger partial charge in [-0.2, -0.15) is 5.21 Å². The van der Waals surface area contributed by atoms with Gasteiger partial charge in [0.25, 0.3) is 0 Å². The summed E-state index contributed by atoms with van der Waals surface area (Å²) in [6, 6.07) is 19.8. The van der Waals surface area contributed by atoms with E-state index in [1.165, 1.54) is 30.4 Å². The third kappa shape index (κ3) is 4.35.